The lowest BCUT2D eigenvalue weighted by Crippen LogP contribution is -2.27. The predicted octanol–water partition coefficient (Wildman–Crippen LogP) is 3.24. The largest absolute Gasteiger partial charge is 0.352 e. The summed E-state index contributed by atoms with van der Waals surface area (Å²) in [6.45, 7) is 0.688. The van der Waals surface area contributed by atoms with E-state index in [2.05, 4.69) is 15.3 Å². The molecule has 0 radical (unpaired) electrons. The van der Waals surface area contributed by atoms with Gasteiger partial charge in [0.15, 0.2) is 0 Å². The molecule has 0 bridgehead atoms. The van der Waals surface area contributed by atoms with Crippen molar-refractivity contribution in [2.75, 3.05) is 0 Å². The monoisotopic (exact) mass is 380 g/mol. The van der Waals surface area contributed by atoms with Crippen LogP contribution in [0.1, 0.15) is 12.0 Å². The number of amides is 1. The topological polar surface area (TPSA) is 79.8 Å². The molecule has 0 spiro atoms. The Morgan fingerprint density at radius 1 is 1.15 bits per heavy atom. The molecule has 0 saturated carbocycles. The van der Waals surface area contributed by atoms with Crippen molar-refractivity contribution < 1.29 is 4.79 Å². The average Bonchev–Trinajstić information content (AvgIpc) is 3.07. The lowest BCUT2D eigenvalue weighted by Gasteiger charge is -2.07. The number of aromatic amines is 1. The standard InChI is InChI=1S/C20H17ClN4O2/c21-14-7-5-13(6-8-14)11-22-17(26)9-10-25-12-23-18-15-3-1-2-4-16(15)24-19(18)20(25)27/h1-8,12,24H,9-11H2,(H,22,26). The Labute approximate surface area is 159 Å². The molecule has 4 rings (SSSR count). The minimum atomic E-state index is -0.179. The highest BCUT2D eigenvalue weighted by atomic mass is 35.5. The van der Waals surface area contributed by atoms with Crippen molar-refractivity contribution in [1.29, 1.82) is 0 Å². The summed E-state index contributed by atoms with van der Waals surface area (Å²) in [5.41, 5.74) is 2.77. The van der Waals surface area contributed by atoms with Gasteiger partial charge in [-0.25, -0.2) is 4.98 Å². The second-order valence-corrected chi connectivity index (χ2v) is 6.73. The summed E-state index contributed by atoms with van der Waals surface area (Å²) < 4.78 is 1.46. The van der Waals surface area contributed by atoms with Crippen LogP contribution in [-0.2, 0) is 17.9 Å². The van der Waals surface area contributed by atoms with Gasteiger partial charge in [0.25, 0.3) is 5.56 Å². The molecule has 0 fully saturated rings. The molecular formula is C20H17ClN4O2. The van der Waals surface area contributed by atoms with E-state index in [1.165, 1.54) is 10.9 Å². The van der Waals surface area contributed by atoms with E-state index in [1.807, 2.05) is 36.4 Å². The first-order chi connectivity index (χ1) is 13.1. The second kappa shape index (κ2) is 7.25. The van der Waals surface area contributed by atoms with E-state index in [9.17, 15) is 9.59 Å². The molecule has 27 heavy (non-hydrogen) atoms. The minimum Gasteiger partial charge on any atom is -0.352 e. The van der Waals surface area contributed by atoms with E-state index >= 15 is 0 Å². The Morgan fingerprint density at radius 3 is 2.74 bits per heavy atom. The molecule has 136 valence electrons. The summed E-state index contributed by atoms with van der Waals surface area (Å²) >= 11 is 5.85. The number of hydrogen-bond donors (Lipinski definition) is 2. The Bertz CT molecular complexity index is 1180. The number of hydrogen-bond acceptors (Lipinski definition) is 3. The lowest BCUT2D eigenvalue weighted by atomic mass is 10.2. The van der Waals surface area contributed by atoms with Crippen LogP contribution in [0.2, 0.25) is 5.02 Å². The van der Waals surface area contributed by atoms with Crippen molar-refractivity contribution in [3.8, 4) is 0 Å². The van der Waals surface area contributed by atoms with E-state index < -0.39 is 0 Å². The number of halogens is 1. The smallest absolute Gasteiger partial charge is 0.277 e. The molecule has 2 aromatic heterocycles. The van der Waals surface area contributed by atoms with Gasteiger partial charge >= 0.3 is 0 Å². The number of carbonyl (C=O) groups excluding carboxylic acids is 1. The summed E-state index contributed by atoms with van der Waals surface area (Å²) in [6.07, 6.45) is 1.69. The molecule has 4 aromatic rings. The maximum absolute atomic E-state index is 12.7. The maximum atomic E-state index is 12.7. The van der Waals surface area contributed by atoms with Gasteiger partial charge in [0.1, 0.15) is 11.0 Å². The molecule has 0 aliphatic rings. The minimum absolute atomic E-state index is 0.131. The van der Waals surface area contributed by atoms with Gasteiger partial charge in [0, 0.05) is 35.4 Å². The number of benzene rings is 2. The van der Waals surface area contributed by atoms with Crippen LogP contribution in [0.5, 0.6) is 0 Å². The Balaban J connectivity index is 1.44. The van der Waals surface area contributed by atoms with Crippen molar-refractivity contribution in [1.82, 2.24) is 19.9 Å². The fourth-order valence-electron chi connectivity index (χ4n) is 3.01. The van der Waals surface area contributed by atoms with Crippen LogP contribution in [0.25, 0.3) is 21.9 Å². The summed E-state index contributed by atoms with van der Waals surface area (Å²) in [4.78, 5) is 32.3. The van der Waals surface area contributed by atoms with Gasteiger partial charge in [0.05, 0.1) is 6.33 Å². The zero-order valence-corrected chi connectivity index (χ0v) is 15.2. The van der Waals surface area contributed by atoms with Gasteiger partial charge in [-0.1, -0.05) is 41.9 Å². The van der Waals surface area contributed by atoms with Crippen LogP contribution < -0.4 is 10.9 Å². The van der Waals surface area contributed by atoms with Crippen molar-refractivity contribution in [2.45, 2.75) is 19.5 Å². The number of nitrogens with zero attached hydrogens (tertiary/aromatic N) is 2. The molecule has 2 heterocycles. The lowest BCUT2D eigenvalue weighted by molar-refractivity contribution is -0.121. The van der Waals surface area contributed by atoms with E-state index in [4.69, 9.17) is 11.6 Å². The number of rotatable bonds is 5. The molecular weight excluding hydrogens is 364 g/mol. The predicted molar refractivity (Wildman–Crippen MR) is 106 cm³/mol. The fraction of sp³-hybridized carbons (Fsp3) is 0.150. The molecule has 1 amide bonds. The third-order valence-electron chi connectivity index (χ3n) is 4.46. The summed E-state index contributed by atoms with van der Waals surface area (Å²) in [5.74, 6) is -0.131. The molecule has 0 aliphatic heterocycles. The number of aryl methyl sites for hydroxylation is 1. The summed E-state index contributed by atoms with van der Waals surface area (Å²) in [7, 11) is 0. The molecule has 0 atom stereocenters. The summed E-state index contributed by atoms with van der Waals surface area (Å²) in [5, 5.41) is 4.41. The van der Waals surface area contributed by atoms with Crippen LogP contribution in [-0.4, -0.2) is 20.4 Å². The quantitative estimate of drug-likeness (QED) is 0.557. The zero-order valence-electron chi connectivity index (χ0n) is 14.4. The normalized spacial score (nSPS) is 11.1. The molecule has 7 heteroatoms. The number of H-pyrrole nitrogens is 1. The number of fused-ring (bicyclic) bond motifs is 3. The Hall–Kier alpha value is -3.12. The Kier molecular flexibility index (Phi) is 4.64. The van der Waals surface area contributed by atoms with Crippen LogP contribution >= 0.6 is 11.6 Å². The first-order valence-corrected chi connectivity index (χ1v) is 8.96. The molecule has 6 nitrogen and oxygen atoms in total. The van der Waals surface area contributed by atoms with Crippen molar-refractivity contribution in [2.24, 2.45) is 0 Å². The van der Waals surface area contributed by atoms with Gasteiger partial charge in [-0.05, 0) is 23.8 Å². The van der Waals surface area contributed by atoms with E-state index in [0.29, 0.717) is 22.6 Å². The molecule has 0 aliphatic carbocycles. The maximum Gasteiger partial charge on any atom is 0.277 e. The summed E-state index contributed by atoms with van der Waals surface area (Å²) in [6, 6.07) is 14.9. The molecule has 0 unspecified atom stereocenters. The van der Waals surface area contributed by atoms with Gasteiger partial charge in [-0.2, -0.15) is 0 Å². The second-order valence-electron chi connectivity index (χ2n) is 6.29. The molecule has 2 N–H and O–H groups in total. The van der Waals surface area contributed by atoms with E-state index in [1.54, 1.807) is 12.1 Å². The van der Waals surface area contributed by atoms with Crippen LogP contribution in [0, 0.1) is 0 Å². The third kappa shape index (κ3) is 3.57. The van der Waals surface area contributed by atoms with Gasteiger partial charge < -0.3 is 10.3 Å². The Morgan fingerprint density at radius 2 is 1.93 bits per heavy atom. The van der Waals surface area contributed by atoms with Crippen LogP contribution in [0.3, 0.4) is 0 Å². The fourth-order valence-corrected chi connectivity index (χ4v) is 3.14. The third-order valence-corrected chi connectivity index (χ3v) is 4.71. The number of aromatic nitrogens is 3. The highest BCUT2D eigenvalue weighted by Gasteiger charge is 2.11. The molecule has 0 saturated heterocycles. The van der Waals surface area contributed by atoms with Crippen molar-refractivity contribution >= 4 is 39.4 Å². The van der Waals surface area contributed by atoms with Crippen LogP contribution in [0.15, 0.2) is 59.7 Å². The van der Waals surface area contributed by atoms with Crippen LogP contribution in [0.4, 0.5) is 0 Å². The highest BCUT2D eigenvalue weighted by molar-refractivity contribution is 6.30. The van der Waals surface area contributed by atoms with Gasteiger partial charge in [0.2, 0.25) is 5.91 Å². The van der Waals surface area contributed by atoms with Crippen molar-refractivity contribution in [3.63, 3.8) is 0 Å². The zero-order chi connectivity index (χ0) is 18.8. The molecule has 2 aromatic carbocycles. The van der Waals surface area contributed by atoms with E-state index in [-0.39, 0.29) is 24.4 Å². The first kappa shape index (κ1) is 17.3. The SMILES string of the molecule is O=C(CCn1cnc2c([nH]c3ccccc32)c1=O)NCc1ccc(Cl)cc1. The highest BCUT2D eigenvalue weighted by Crippen LogP contribution is 2.20. The number of para-hydroxylation sites is 1. The number of carbonyl (C=O) groups is 1. The first-order valence-electron chi connectivity index (χ1n) is 8.59. The van der Waals surface area contributed by atoms with Crippen molar-refractivity contribution in [3.05, 3.63) is 75.8 Å². The average molecular weight is 381 g/mol. The van der Waals surface area contributed by atoms with Gasteiger partial charge in [-0.3, -0.25) is 14.2 Å². The van der Waals surface area contributed by atoms with E-state index in [0.717, 1.165) is 16.5 Å². The number of nitrogens with one attached hydrogen (secondary N) is 2. The van der Waals surface area contributed by atoms with Gasteiger partial charge in [-0.15, -0.1) is 0 Å².